The highest BCUT2D eigenvalue weighted by Gasteiger charge is 2.35. The van der Waals surface area contributed by atoms with E-state index in [-0.39, 0.29) is 11.5 Å². The Morgan fingerprint density at radius 2 is 2.50 bits per heavy atom. The molecule has 1 amide bonds. The van der Waals surface area contributed by atoms with Gasteiger partial charge in [0.15, 0.2) is 0 Å². The van der Waals surface area contributed by atoms with Crippen molar-refractivity contribution in [2.45, 2.75) is 18.4 Å². The van der Waals surface area contributed by atoms with Gasteiger partial charge in [-0.1, -0.05) is 0 Å². The number of methoxy groups -OCH3 is 1. The molecule has 0 spiro atoms. The first-order valence-corrected chi connectivity index (χ1v) is 4.82. The SMILES string of the molecule is COC1(CNC(=O)CCN)CCOC1. The number of rotatable bonds is 5. The lowest BCUT2D eigenvalue weighted by Gasteiger charge is -2.25. The quantitative estimate of drug-likeness (QED) is 0.615. The van der Waals surface area contributed by atoms with Crippen LogP contribution in [0.3, 0.4) is 0 Å². The van der Waals surface area contributed by atoms with Crippen molar-refractivity contribution in [1.82, 2.24) is 5.32 Å². The van der Waals surface area contributed by atoms with Crippen LogP contribution in [0.4, 0.5) is 0 Å². The Labute approximate surface area is 83.9 Å². The Morgan fingerprint density at radius 1 is 1.71 bits per heavy atom. The van der Waals surface area contributed by atoms with Crippen molar-refractivity contribution in [3.8, 4) is 0 Å². The zero-order valence-corrected chi connectivity index (χ0v) is 8.54. The summed E-state index contributed by atoms with van der Waals surface area (Å²) in [5.74, 6) is -0.0316. The van der Waals surface area contributed by atoms with Crippen LogP contribution in [-0.2, 0) is 14.3 Å². The summed E-state index contributed by atoms with van der Waals surface area (Å²) in [6, 6.07) is 0. The van der Waals surface area contributed by atoms with E-state index >= 15 is 0 Å². The van der Waals surface area contributed by atoms with E-state index in [1.54, 1.807) is 7.11 Å². The number of nitrogens with two attached hydrogens (primary N) is 1. The van der Waals surface area contributed by atoms with Crippen LogP contribution in [-0.4, -0.2) is 44.9 Å². The van der Waals surface area contributed by atoms with Gasteiger partial charge in [0.25, 0.3) is 0 Å². The molecule has 1 aliphatic heterocycles. The molecule has 0 aromatic carbocycles. The van der Waals surface area contributed by atoms with Gasteiger partial charge in [0.05, 0.1) is 6.61 Å². The van der Waals surface area contributed by atoms with Crippen LogP contribution < -0.4 is 11.1 Å². The Bertz CT molecular complexity index is 190. The van der Waals surface area contributed by atoms with Gasteiger partial charge >= 0.3 is 0 Å². The van der Waals surface area contributed by atoms with Gasteiger partial charge in [-0.25, -0.2) is 0 Å². The van der Waals surface area contributed by atoms with Crippen molar-refractivity contribution in [2.75, 3.05) is 33.4 Å². The molecule has 3 N–H and O–H groups in total. The van der Waals surface area contributed by atoms with Crippen molar-refractivity contribution in [1.29, 1.82) is 0 Å². The Balaban J connectivity index is 2.30. The fourth-order valence-electron chi connectivity index (χ4n) is 1.44. The van der Waals surface area contributed by atoms with Crippen LogP contribution >= 0.6 is 0 Å². The van der Waals surface area contributed by atoms with Gasteiger partial charge in [-0.15, -0.1) is 0 Å². The van der Waals surface area contributed by atoms with Crippen molar-refractivity contribution in [2.24, 2.45) is 5.73 Å². The minimum Gasteiger partial charge on any atom is -0.378 e. The predicted octanol–water partition coefficient (Wildman–Crippen LogP) is -0.743. The molecule has 1 heterocycles. The van der Waals surface area contributed by atoms with Gasteiger partial charge in [-0.2, -0.15) is 0 Å². The summed E-state index contributed by atoms with van der Waals surface area (Å²) in [7, 11) is 1.64. The van der Waals surface area contributed by atoms with Crippen LogP contribution in [0.2, 0.25) is 0 Å². The van der Waals surface area contributed by atoms with Crippen LogP contribution in [0.1, 0.15) is 12.8 Å². The molecule has 0 aliphatic carbocycles. The number of ether oxygens (including phenoxy) is 2. The molecule has 5 heteroatoms. The van der Waals surface area contributed by atoms with E-state index in [4.69, 9.17) is 15.2 Å². The first-order chi connectivity index (χ1) is 6.72. The maximum Gasteiger partial charge on any atom is 0.221 e. The second kappa shape index (κ2) is 5.29. The molecule has 1 unspecified atom stereocenters. The number of carbonyl (C=O) groups is 1. The van der Waals surface area contributed by atoms with E-state index in [0.717, 1.165) is 6.42 Å². The summed E-state index contributed by atoms with van der Waals surface area (Å²) < 4.78 is 10.6. The van der Waals surface area contributed by atoms with Gasteiger partial charge in [0.2, 0.25) is 5.91 Å². The standard InChI is InChI=1S/C9H18N2O3/c1-13-9(3-5-14-7-9)6-11-8(12)2-4-10/h2-7,10H2,1H3,(H,11,12). The van der Waals surface area contributed by atoms with E-state index in [0.29, 0.717) is 32.7 Å². The molecule has 0 radical (unpaired) electrons. The Morgan fingerprint density at radius 3 is 3.00 bits per heavy atom. The maximum absolute atomic E-state index is 11.2. The molecule has 1 atom stereocenters. The number of nitrogens with one attached hydrogen (secondary N) is 1. The lowest BCUT2D eigenvalue weighted by Crippen LogP contribution is -2.45. The maximum atomic E-state index is 11.2. The molecular formula is C9H18N2O3. The van der Waals surface area contributed by atoms with Gasteiger partial charge in [-0.05, 0) is 0 Å². The summed E-state index contributed by atoms with van der Waals surface area (Å²) >= 11 is 0. The largest absolute Gasteiger partial charge is 0.378 e. The van der Waals surface area contributed by atoms with Gasteiger partial charge in [0.1, 0.15) is 5.60 Å². The molecule has 82 valence electrons. The van der Waals surface area contributed by atoms with Crippen molar-refractivity contribution in [3.05, 3.63) is 0 Å². The average molecular weight is 202 g/mol. The van der Waals surface area contributed by atoms with E-state index < -0.39 is 0 Å². The van der Waals surface area contributed by atoms with Crippen molar-refractivity contribution < 1.29 is 14.3 Å². The third-order valence-electron chi connectivity index (χ3n) is 2.48. The minimum absolute atomic E-state index is 0.0316. The van der Waals surface area contributed by atoms with Crippen molar-refractivity contribution >= 4 is 5.91 Å². The van der Waals surface area contributed by atoms with Gasteiger partial charge in [-0.3, -0.25) is 4.79 Å². The summed E-state index contributed by atoms with van der Waals surface area (Å²) in [5.41, 5.74) is 4.93. The Kier molecular flexibility index (Phi) is 4.31. The van der Waals surface area contributed by atoms with E-state index in [9.17, 15) is 4.79 Å². The fourth-order valence-corrected chi connectivity index (χ4v) is 1.44. The fraction of sp³-hybridized carbons (Fsp3) is 0.889. The summed E-state index contributed by atoms with van der Waals surface area (Å²) in [5, 5.41) is 2.79. The third-order valence-corrected chi connectivity index (χ3v) is 2.48. The number of hydrogen-bond donors (Lipinski definition) is 2. The zero-order valence-electron chi connectivity index (χ0n) is 8.54. The van der Waals surface area contributed by atoms with Gasteiger partial charge in [0, 0.05) is 39.6 Å². The first-order valence-electron chi connectivity index (χ1n) is 4.82. The van der Waals surface area contributed by atoms with Crippen LogP contribution in [0, 0.1) is 0 Å². The lowest BCUT2D eigenvalue weighted by molar-refractivity contribution is -0.122. The smallest absolute Gasteiger partial charge is 0.221 e. The normalized spacial score (nSPS) is 26.4. The molecule has 0 aromatic rings. The molecular weight excluding hydrogens is 184 g/mol. The minimum atomic E-state index is -0.329. The first kappa shape index (κ1) is 11.4. The second-order valence-corrected chi connectivity index (χ2v) is 3.51. The molecule has 1 rings (SSSR count). The predicted molar refractivity (Wildman–Crippen MR) is 51.9 cm³/mol. The molecule has 1 aliphatic rings. The van der Waals surface area contributed by atoms with Crippen LogP contribution in [0.25, 0.3) is 0 Å². The zero-order chi connectivity index (χ0) is 10.4. The molecule has 1 saturated heterocycles. The lowest BCUT2D eigenvalue weighted by atomic mass is 10.0. The van der Waals surface area contributed by atoms with E-state index in [1.807, 2.05) is 0 Å². The van der Waals surface area contributed by atoms with E-state index in [2.05, 4.69) is 5.32 Å². The molecule has 0 aromatic heterocycles. The number of hydrogen-bond acceptors (Lipinski definition) is 4. The highest BCUT2D eigenvalue weighted by atomic mass is 16.5. The highest BCUT2D eigenvalue weighted by molar-refractivity contribution is 5.76. The van der Waals surface area contributed by atoms with Crippen LogP contribution in [0.5, 0.6) is 0 Å². The average Bonchev–Trinajstić information content (AvgIpc) is 2.65. The third kappa shape index (κ3) is 2.94. The topological polar surface area (TPSA) is 73.6 Å². The monoisotopic (exact) mass is 202 g/mol. The van der Waals surface area contributed by atoms with Crippen LogP contribution in [0.15, 0.2) is 0 Å². The summed E-state index contributed by atoms with van der Waals surface area (Å²) in [4.78, 5) is 11.2. The molecule has 1 fully saturated rings. The molecule has 0 saturated carbocycles. The van der Waals surface area contributed by atoms with Gasteiger partial charge < -0.3 is 20.5 Å². The van der Waals surface area contributed by atoms with Crippen molar-refractivity contribution in [3.63, 3.8) is 0 Å². The Hall–Kier alpha value is -0.650. The number of amides is 1. The molecule has 5 nitrogen and oxygen atoms in total. The highest BCUT2D eigenvalue weighted by Crippen LogP contribution is 2.21. The second-order valence-electron chi connectivity index (χ2n) is 3.51. The molecule has 14 heavy (non-hydrogen) atoms. The summed E-state index contributed by atoms with van der Waals surface area (Å²) in [6.45, 7) is 2.12. The number of carbonyl (C=O) groups excluding carboxylic acids is 1. The molecule has 0 bridgehead atoms. The summed E-state index contributed by atoms with van der Waals surface area (Å²) in [6.07, 6.45) is 1.19. The van der Waals surface area contributed by atoms with E-state index in [1.165, 1.54) is 0 Å².